The maximum absolute atomic E-state index is 14.5. The number of benzene rings is 3. The number of amides is 2. The van der Waals surface area contributed by atoms with Crippen LogP contribution in [0.4, 0.5) is 15.8 Å². The van der Waals surface area contributed by atoms with Crippen LogP contribution in [0, 0.1) is 5.82 Å². The maximum Gasteiger partial charge on any atom is 0.273 e. The molecule has 1 atom stereocenters. The number of aromatic nitrogens is 1. The Bertz CT molecular complexity index is 1500. The number of carbonyl (C=O) groups excluding carboxylic acids is 2. The Morgan fingerprint density at radius 1 is 1.05 bits per heavy atom. The third kappa shape index (κ3) is 6.10. The van der Waals surface area contributed by atoms with Crippen molar-refractivity contribution in [1.29, 1.82) is 0 Å². The van der Waals surface area contributed by atoms with Crippen molar-refractivity contribution < 1.29 is 18.7 Å². The number of hydrogen-bond donors (Lipinski definition) is 2. The van der Waals surface area contributed by atoms with E-state index >= 15 is 0 Å². The van der Waals surface area contributed by atoms with Crippen molar-refractivity contribution in [2.24, 2.45) is 0 Å². The first-order valence-corrected chi connectivity index (χ1v) is 14.5. The molecule has 1 aromatic heterocycles. The summed E-state index contributed by atoms with van der Waals surface area (Å²) in [5, 5.41) is 3.19. The first-order chi connectivity index (χ1) is 19.9. The lowest BCUT2D eigenvalue weighted by Crippen LogP contribution is -2.46. The summed E-state index contributed by atoms with van der Waals surface area (Å²) >= 11 is 0.966. The highest BCUT2D eigenvalue weighted by atomic mass is 32.1. The van der Waals surface area contributed by atoms with E-state index in [0.29, 0.717) is 28.3 Å². The molecular weight excluding hydrogens is 539 g/mol. The maximum atomic E-state index is 14.5. The van der Waals surface area contributed by atoms with Crippen molar-refractivity contribution in [2.45, 2.75) is 51.1 Å². The van der Waals surface area contributed by atoms with E-state index in [1.807, 2.05) is 24.3 Å². The first kappa shape index (κ1) is 28.3. The number of carbonyl (C=O) groups is 2. The molecule has 4 aromatic rings. The van der Waals surface area contributed by atoms with Gasteiger partial charge in [0.1, 0.15) is 28.2 Å². The molecule has 0 radical (unpaired) electrons. The molecule has 1 unspecified atom stereocenters. The normalized spacial score (nSPS) is 14.0. The van der Waals surface area contributed by atoms with Gasteiger partial charge in [0, 0.05) is 17.3 Å². The zero-order chi connectivity index (χ0) is 28.9. The van der Waals surface area contributed by atoms with Gasteiger partial charge in [-0.25, -0.2) is 4.39 Å². The largest absolute Gasteiger partial charge is 0.497 e. The van der Waals surface area contributed by atoms with Gasteiger partial charge in [-0.05, 0) is 90.5 Å². The van der Waals surface area contributed by atoms with Crippen molar-refractivity contribution >= 4 is 34.7 Å². The Morgan fingerprint density at radius 2 is 1.71 bits per heavy atom. The van der Waals surface area contributed by atoms with Gasteiger partial charge in [-0.1, -0.05) is 44.0 Å². The molecule has 2 amide bonds. The van der Waals surface area contributed by atoms with Crippen molar-refractivity contribution in [3.05, 3.63) is 94.6 Å². The summed E-state index contributed by atoms with van der Waals surface area (Å²) in [5.41, 5.74) is 10.00. The molecule has 0 spiro atoms. The average molecular weight is 573 g/mol. The number of methoxy groups -OCH3 is 1. The van der Waals surface area contributed by atoms with Crippen LogP contribution in [0.5, 0.6) is 5.75 Å². The zero-order valence-electron chi connectivity index (χ0n) is 23.1. The van der Waals surface area contributed by atoms with Crippen molar-refractivity contribution in [1.82, 2.24) is 9.69 Å². The van der Waals surface area contributed by atoms with Gasteiger partial charge >= 0.3 is 0 Å². The lowest BCUT2D eigenvalue weighted by atomic mass is 10.0. The predicted molar refractivity (Wildman–Crippen MR) is 161 cm³/mol. The minimum atomic E-state index is -0.975. The second-order valence-electron chi connectivity index (χ2n) is 10.1. The number of aryl methyl sites for hydroxylation is 1. The molecule has 1 aliphatic rings. The van der Waals surface area contributed by atoms with E-state index in [2.05, 4.69) is 16.6 Å². The third-order valence-electron chi connectivity index (χ3n) is 7.52. The van der Waals surface area contributed by atoms with Gasteiger partial charge in [0.25, 0.3) is 5.91 Å². The molecule has 3 N–H and O–H groups in total. The van der Waals surface area contributed by atoms with Gasteiger partial charge < -0.3 is 15.8 Å². The summed E-state index contributed by atoms with van der Waals surface area (Å²) in [4.78, 5) is 30.2. The monoisotopic (exact) mass is 572 g/mol. The van der Waals surface area contributed by atoms with Gasteiger partial charge in [0.15, 0.2) is 0 Å². The summed E-state index contributed by atoms with van der Waals surface area (Å²) in [6.07, 6.45) is 4.76. The summed E-state index contributed by atoms with van der Waals surface area (Å²) in [6, 6.07) is 19.7. The van der Waals surface area contributed by atoms with Crippen LogP contribution in [0.3, 0.4) is 0 Å². The molecule has 0 bridgehead atoms. The molecule has 1 heterocycles. The minimum absolute atomic E-state index is 0.0567. The number of nitrogens with zero attached hydrogens (tertiary/aromatic N) is 2. The second kappa shape index (κ2) is 12.5. The van der Waals surface area contributed by atoms with Crippen LogP contribution < -0.4 is 20.7 Å². The van der Waals surface area contributed by atoms with E-state index in [9.17, 15) is 14.0 Å². The molecule has 41 heavy (non-hydrogen) atoms. The lowest BCUT2D eigenvalue weighted by molar-refractivity contribution is -0.123. The smallest absolute Gasteiger partial charge is 0.273 e. The highest BCUT2D eigenvalue weighted by Crippen LogP contribution is 2.37. The van der Waals surface area contributed by atoms with Crippen LogP contribution >= 0.6 is 11.5 Å². The van der Waals surface area contributed by atoms with Crippen LogP contribution in [0.15, 0.2) is 72.8 Å². The second-order valence-corrected chi connectivity index (χ2v) is 10.9. The third-order valence-corrected chi connectivity index (χ3v) is 8.37. The first-order valence-electron chi connectivity index (χ1n) is 13.8. The average Bonchev–Trinajstić information content (AvgIpc) is 3.65. The van der Waals surface area contributed by atoms with E-state index in [1.54, 1.807) is 43.5 Å². The Kier molecular flexibility index (Phi) is 8.64. The summed E-state index contributed by atoms with van der Waals surface area (Å²) in [6.45, 7) is 2.06. The van der Waals surface area contributed by atoms with Crippen LogP contribution in [0.1, 0.15) is 59.4 Å². The SMILES string of the molecule is CCc1ccc(N(C(=O)c2snc(-c3ccc(F)cc3)c2N)C(C(=O)NC2CCCC2)c2ccc(OC)cc2)cc1. The van der Waals surface area contributed by atoms with E-state index in [0.717, 1.165) is 49.2 Å². The number of halogens is 1. The van der Waals surface area contributed by atoms with Crippen molar-refractivity contribution in [3.8, 4) is 17.0 Å². The van der Waals surface area contributed by atoms with Crippen molar-refractivity contribution in [3.63, 3.8) is 0 Å². The molecular formula is C32H33FN4O3S. The fourth-order valence-corrected chi connectivity index (χ4v) is 5.96. The summed E-state index contributed by atoms with van der Waals surface area (Å²) < 4.78 is 23.3. The Hall–Kier alpha value is -4.24. The van der Waals surface area contributed by atoms with Crippen LogP contribution in [0.2, 0.25) is 0 Å². The number of nitrogens with two attached hydrogens (primary N) is 1. The van der Waals surface area contributed by atoms with Gasteiger partial charge in [0.05, 0.1) is 12.8 Å². The summed E-state index contributed by atoms with van der Waals surface area (Å²) in [7, 11) is 1.58. The minimum Gasteiger partial charge on any atom is -0.497 e. The number of anilines is 2. The quantitative estimate of drug-likeness (QED) is 0.237. The van der Waals surface area contributed by atoms with Crippen molar-refractivity contribution in [2.75, 3.05) is 17.7 Å². The van der Waals surface area contributed by atoms with E-state index in [1.165, 1.54) is 17.0 Å². The van der Waals surface area contributed by atoms with Gasteiger partial charge in [-0.2, -0.15) is 4.37 Å². The van der Waals surface area contributed by atoms with Gasteiger partial charge in [-0.15, -0.1) is 0 Å². The Morgan fingerprint density at radius 3 is 2.32 bits per heavy atom. The topological polar surface area (TPSA) is 97.5 Å². The molecule has 1 fully saturated rings. The number of nitrogens with one attached hydrogen (secondary N) is 1. The zero-order valence-corrected chi connectivity index (χ0v) is 23.9. The molecule has 5 rings (SSSR count). The predicted octanol–water partition coefficient (Wildman–Crippen LogP) is 6.55. The van der Waals surface area contributed by atoms with Crippen LogP contribution in [-0.2, 0) is 11.2 Å². The fraction of sp³-hybridized carbons (Fsp3) is 0.281. The van der Waals surface area contributed by atoms with Gasteiger partial charge in [-0.3, -0.25) is 14.5 Å². The molecule has 0 aliphatic heterocycles. The van der Waals surface area contributed by atoms with Crippen LogP contribution in [-0.4, -0.2) is 29.3 Å². The molecule has 3 aromatic carbocycles. The number of rotatable bonds is 9. The molecule has 212 valence electrons. The Balaban J connectivity index is 1.61. The highest BCUT2D eigenvalue weighted by Gasteiger charge is 2.36. The van der Waals surface area contributed by atoms with E-state index < -0.39 is 11.9 Å². The number of nitrogen functional groups attached to an aromatic ring is 1. The molecule has 1 saturated carbocycles. The van der Waals surface area contributed by atoms with Crippen LogP contribution in [0.25, 0.3) is 11.3 Å². The molecule has 1 aliphatic carbocycles. The number of hydrogen-bond acceptors (Lipinski definition) is 6. The fourth-order valence-electron chi connectivity index (χ4n) is 5.21. The van der Waals surface area contributed by atoms with E-state index in [-0.39, 0.29) is 28.3 Å². The molecule has 0 saturated heterocycles. The Labute approximate surface area is 243 Å². The standard InChI is InChI=1S/C32H33FN4O3S/c1-3-20-8-16-25(17-9-20)37(32(39)30-27(34)28(36-41-30)21-10-14-23(33)15-11-21)29(22-12-18-26(40-2)19-13-22)31(38)35-24-6-4-5-7-24/h8-19,24,29H,3-7,34H2,1-2H3,(H,35,38). The molecule has 7 nitrogen and oxygen atoms in total. The number of ether oxygens (including phenoxy) is 1. The summed E-state index contributed by atoms with van der Waals surface area (Å²) in [5.74, 6) is -0.447. The highest BCUT2D eigenvalue weighted by molar-refractivity contribution is 7.09. The van der Waals surface area contributed by atoms with E-state index in [4.69, 9.17) is 10.5 Å². The van der Waals surface area contributed by atoms with Gasteiger partial charge in [0.2, 0.25) is 5.91 Å². The lowest BCUT2D eigenvalue weighted by Gasteiger charge is -2.32. The molecule has 9 heteroatoms.